The molecule has 148 valence electrons. The van der Waals surface area contributed by atoms with Gasteiger partial charge in [0.1, 0.15) is 5.60 Å². The fraction of sp³-hybridized carbons (Fsp3) is 0.579. The molecule has 5 nitrogen and oxygen atoms in total. The molecule has 0 saturated carbocycles. The maximum absolute atomic E-state index is 13.2. The Morgan fingerprint density at radius 1 is 1.15 bits per heavy atom. The molecule has 27 heavy (non-hydrogen) atoms. The van der Waals surface area contributed by atoms with Crippen molar-refractivity contribution in [1.29, 1.82) is 0 Å². The summed E-state index contributed by atoms with van der Waals surface area (Å²) in [6.45, 7) is 5.80. The van der Waals surface area contributed by atoms with Crippen molar-refractivity contribution in [3.63, 3.8) is 0 Å². The second-order valence-corrected chi connectivity index (χ2v) is 8.14. The number of ether oxygens (including phenoxy) is 1. The minimum absolute atomic E-state index is 0.222. The first kappa shape index (κ1) is 19.5. The molecule has 1 aromatic rings. The van der Waals surface area contributed by atoms with E-state index < -0.39 is 28.8 Å². The average Bonchev–Trinajstić information content (AvgIpc) is 2.75. The molecule has 0 aliphatic carbocycles. The highest BCUT2D eigenvalue weighted by Crippen LogP contribution is 2.49. The zero-order valence-electron chi connectivity index (χ0n) is 15.8. The first-order valence-corrected chi connectivity index (χ1v) is 8.83. The van der Waals surface area contributed by atoms with Gasteiger partial charge >= 0.3 is 12.3 Å². The van der Waals surface area contributed by atoms with Gasteiger partial charge < -0.3 is 14.5 Å². The predicted molar refractivity (Wildman–Crippen MR) is 93.6 cm³/mol. The number of nitrogens with zero attached hydrogens (tertiary/aromatic N) is 2. The lowest BCUT2D eigenvalue weighted by Gasteiger charge is -2.38. The van der Waals surface area contributed by atoms with Crippen molar-refractivity contribution in [3.05, 3.63) is 29.3 Å². The molecular weight excluding hydrogens is 361 g/mol. The standard InChI is InChI=1S/C19H23F3N2O3/c1-17(2,3)27-16(26)24-9-7-18(8-10-24)13-11-12(19(20,21)22)5-6-14(13)23(4)15(18)25/h5-6,11H,7-10H2,1-4H3. The van der Waals surface area contributed by atoms with Crippen molar-refractivity contribution < 1.29 is 27.5 Å². The number of halogens is 3. The van der Waals surface area contributed by atoms with Gasteiger partial charge in [-0.2, -0.15) is 13.2 Å². The van der Waals surface area contributed by atoms with Crippen LogP contribution in [-0.2, 0) is 21.1 Å². The fourth-order valence-corrected chi connectivity index (χ4v) is 3.81. The Morgan fingerprint density at radius 2 is 1.74 bits per heavy atom. The molecule has 0 bridgehead atoms. The third-order valence-corrected chi connectivity index (χ3v) is 5.18. The summed E-state index contributed by atoms with van der Waals surface area (Å²) in [4.78, 5) is 28.1. The summed E-state index contributed by atoms with van der Waals surface area (Å²) in [5, 5.41) is 0. The monoisotopic (exact) mass is 384 g/mol. The molecule has 0 radical (unpaired) electrons. The molecule has 2 heterocycles. The van der Waals surface area contributed by atoms with Crippen LogP contribution in [0.3, 0.4) is 0 Å². The zero-order chi connectivity index (χ0) is 20.2. The summed E-state index contributed by atoms with van der Waals surface area (Å²) >= 11 is 0. The molecule has 0 unspecified atom stereocenters. The van der Waals surface area contributed by atoms with Crippen LogP contribution in [0.2, 0.25) is 0 Å². The van der Waals surface area contributed by atoms with Crippen molar-refractivity contribution >= 4 is 17.7 Å². The van der Waals surface area contributed by atoms with Crippen molar-refractivity contribution in [2.24, 2.45) is 0 Å². The summed E-state index contributed by atoms with van der Waals surface area (Å²) < 4.78 is 44.8. The maximum atomic E-state index is 13.2. The molecule has 2 aliphatic heterocycles. The van der Waals surface area contributed by atoms with Gasteiger partial charge in [0.15, 0.2) is 0 Å². The molecule has 0 atom stereocenters. The minimum Gasteiger partial charge on any atom is -0.444 e. The number of amides is 2. The van der Waals surface area contributed by atoms with E-state index in [4.69, 9.17) is 4.74 Å². The molecule has 2 amide bonds. The zero-order valence-corrected chi connectivity index (χ0v) is 15.8. The van der Waals surface area contributed by atoms with Gasteiger partial charge in [-0.25, -0.2) is 4.79 Å². The smallest absolute Gasteiger partial charge is 0.416 e. The molecule has 0 aromatic heterocycles. The van der Waals surface area contributed by atoms with E-state index in [2.05, 4.69) is 0 Å². The summed E-state index contributed by atoms with van der Waals surface area (Å²) in [6.07, 6.45) is -4.41. The van der Waals surface area contributed by atoms with Gasteiger partial charge in [-0.1, -0.05) is 0 Å². The number of hydrogen-bond donors (Lipinski definition) is 0. The van der Waals surface area contributed by atoms with Gasteiger partial charge in [-0.15, -0.1) is 0 Å². The first-order valence-electron chi connectivity index (χ1n) is 8.83. The van der Waals surface area contributed by atoms with Crippen LogP contribution in [0.15, 0.2) is 18.2 Å². The number of carbonyl (C=O) groups is 2. The largest absolute Gasteiger partial charge is 0.444 e. The molecule has 3 rings (SSSR count). The van der Waals surface area contributed by atoms with E-state index in [1.165, 1.54) is 15.9 Å². The number of piperidine rings is 1. The molecule has 1 saturated heterocycles. The van der Waals surface area contributed by atoms with Crippen LogP contribution < -0.4 is 4.90 Å². The lowest BCUT2D eigenvalue weighted by Crippen LogP contribution is -2.50. The number of benzene rings is 1. The normalized spacial score (nSPS) is 19.4. The predicted octanol–water partition coefficient (Wildman–Crippen LogP) is 3.95. The van der Waals surface area contributed by atoms with Gasteiger partial charge in [-0.05, 0) is 57.4 Å². The Kier molecular flexibility index (Phi) is 4.44. The van der Waals surface area contributed by atoms with Crippen molar-refractivity contribution in [3.8, 4) is 0 Å². The van der Waals surface area contributed by atoms with Crippen LogP contribution in [-0.4, -0.2) is 42.6 Å². The summed E-state index contributed by atoms with van der Waals surface area (Å²) in [7, 11) is 1.57. The minimum atomic E-state index is -4.47. The number of alkyl halides is 3. The van der Waals surface area contributed by atoms with Crippen molar-refractivity contribution in [2.45, 2.75) is 50.8 Å². The Bertz CT molecular complexity index is 775. The number of likely N-dealkylation sites (tertiary alicyclic amines) is 1. The van der Waals surface area contributed by atoms with E-state index in [1.54, 1.807) is 27.8 Å². The molecule has 2 aliphatic rings. The Morgan fingerprint density at radius 3 is 2.26 bits per heavy atom. The van der Waals surface area contributed by atoms with Crippen LogP contribution in [0, 0.1) is 0 Å². The van der Waals surface area contributed by atoms with Gasteiger partial charge in [0, 0.05) is 25.8 Å². The van der Waals surface area contributed by atoms with E-state index in [-0.39, 0.29) is 31.8 Å². The summed E-state index contributed by atoms with van der Waals surface area (Å²) in [6, 6.07) is 3.43. The molecular formula is C19H23F3N2O3. The second kappa shape index (κ2) is 6.14. The number of rotatable bonds is 0. The number of carbonyl (C=O) groups excluding carboxylic acids is 2. The number of hydrogen-bond acceptors (Lipinski definition) is 3. The van der Waals surface area contributed by atoms with Crippen molar-refractivity contribution in [1.82, 2.24) is 4.90 Å². The highest BCUT2D eigenvalue weighted by molar-refractivity contribution is 6.08. The van der Waals surface area contributed by atoms with Crippen LogP contribution in [0.5, 0.6) is 0 Å². The van der Waals surface area contributed by atoms with Gasteiger partial charge in [0.2, 0.25) is 5.91 Å². The molecule has 1 spiro atoms. The van der Waals surface area contributed by atoms with Crippen LogP contribution >= 0.6 is 0 Å². The van der Waals surface area contributed by atoms with Gasteiger partial charge in [0.05, 0.1) is 11.0 Å². The third-order valence-electron chi connectivity index (χ3n) is 5.18. The molecule has 8 heteroatoms. The van der Waals surface area contributed by atoms with Gasteiger partial charge in [0.25, 0.3) is 0 Å². The Balaban J connectivity index is 1.88. The van der Waals surface area contributed by atoms with E-state index in [0.717, 1.165) is 12.1 Å². The van der Waals surface area contributed by atoms with Crippen LogP contribution in [0.25, 0.3) is 0 Å². The fourth-order valence-electron chi connectivity index (χ4n) is 3.81. The van der Waals surface area contributed by atoms with E-state index >= 15 is 0 Å². The molecule has 1 aromatic carbocycles. The van der Waals surface area contributed by atoms with E-state index in [9.17, 15) is 22.8 Å². The maximum Gasteiger partial charge on any atom is 0.416 e. The molecule has 1 fully saturated rings. The topological polar surface area (TPSA) is 49.9 Å². The number of fused-ring (bicyclic) bond motifs is 2. The third kappa shape index (κ3) is 3.37. The lowest BCUT2D eigenvalue weighted by molar-refractivity contribution is -0.137. The lowest BCUT2D eigenvalue weighted by atomic mass is 9.73. The second-order valence-electron chi connectivity index (χ2n) is 8.14. The van der Waals surface area contributed by atoms with Gasteiger partial charge in [-0.3, -0.25) is 4.79 Å². The Labute approximate surface area is 156 Å². The van der Waals surface area contributed by atoms with Crippen molar-refractivity contribution in [2.75, 3.05) is 25.0 Å². The van der Waals surface area contributed by atoms with Crippen LogP contribution in [0.1, 0.15) is 44.7 Å². The summed E-state index contributed by atoms with van der Waals surface area (Å²) in [5.41, 5.74) is -1.53. The quantitative estimate of drug-likeness (QED) is 0.681. The number of likely N-dealkylation sites (N-methyl/N-ethyl adjacent to an activating group) is 1. The van der Waals surface area contributed by atoms with E-state index in [1.807, 2.05) is 0 Å². The molecule has 0 N–H and O–H groups in total. The Hall–Kier alpha value is -2.25. The summed E-state index contributed by atoms with van der Waals surface area (Å²) in [5.74, 6) is -0.222. The SMILES string of the molecule is CN1C(=O)C2(CCN(C(=O)OC(C)(C)C)CC2)c2cc(C(F)(F)F)ccc21. The highest BCUT2D eigenvalue weighted by Gasteiger charge is 2.52. The average molecular weight is 384 g/mol. The highest BCUT2D eigenvalue weighted by atomic mass is 19.4. The van der Waals surface area contributed by atoms with E-state index in [0.29, 0.717) is 11.3 Å². The van der Waals surface area contributed by atoms with Crippen LogP contribution in [0.4, 0.5) is 23.7 Å². The number of anilines is 1. The first-order chi connectivity index (χ1) is 12.3.